The van der Waals surface area contributed by atoms with Crippen molar-refractivity contribution in [1.82, 2.24) is 14.9 Å². The molecule has 1 aromatic heterocycles. The molecule has 2 rings (SSSR count). The highest BCUT2D eigenvalue weighted by molar-refractivity contribution is 9.10. The molecule has 0 aliphatic carbocycles. The van der Waals surface area contributed by atoms with E-state index in [4.69, 9.17) is 4.74 Å². The van der Waals surface area contributed by atoms with E-state index in [9.17, 15) is 9.59 Å². The van der Waals surface area contributed by atoms with Crippen LogP contribution in [0.1, 0.15) is 32.6 Å². The van der Waals surface area contributed by atoms with E-state index in [0.29, 0.717) is 30.6 Å². The number of hydrogen-bond donors (Lipinski definition) is 1. The van der Waals surface area contributed by atoms with Gasteiger partial charge in [-0.1, -0.05) is 29.3 Å². The van der Waals surface area contributed by atoms with E-state index in [0.717, 1.165) is 30.3 Å². The molecule has 0 saturated carbocycles. The fourth-order valence-corrected chi connectivity index (χ4v) is 2.71. The van der Waals surface area contributed by atoms with Crippen molar-refractivity contribution in [2.24, 2.45) is 0 Å². The summed E-state index contributed by atoms with van der Waals surface area (Å²) in [6.45, 7) is 4.45. The number of nitrogens with one attached hydrogen (secondary N) is 1. The molecule has 0 aliphatic heterocycles. The molecular weight excluding hydrogens is 386 g/mol. The summed E-state index contributed by atoms with van der Waals surface area (Å²) in [4.78, 5) is 28.6. The third-order valence-corrected chi connectivity index (χ3v) is 4.29. The van der Waals surface area contributed by atoms with Gasteiger partial charge in [0.25, 0.3) is 5.56 Å². The molecule has 7 heteroatoms. The van der Waals surface area contributed by atoms with Crippen LogP contribution in [0.15, 0.2) is 33.8 Å². The van der Waals surface area contributed by atoms with E-state index < -0.39 is 0 Å². The van der Waals surface area contributed by atoms with E-state index in [1.54, 1.807) is 12.1 Å². The second-order valence-electron chi connectivity index (χ2n) is 5.82. The number of halogens is 1. The third-order valence-electron chi connectivity index (χ3n) is 3.80. The Morgan fingerprint density at radius 3 is 2.92 bits per heavy atom. The van der Waals surface area contributed by atoms with Crippen LogP contribution in [0.3, 0.4) is 0 Å². The first-order valence-corrected chi connectivity index (χ1v) is 9.40. The van der Waals surface area contributed by atoms with Crippen molar-refractivity contribution < 1.29 is 9.53 Å². The number of ether oxygens (including phenoxy) is 1. The van der Waals surface area contributed by atoms with Gasteiger partial charge in [0.1, 0.15) is 0 Å². The van der Waals surface area contributed by atoms with Crippen LogP contribution in [0.25, 0.3) is 10.9 Å². The van der Waals surface area contributed by atoms with Crippen molar-refractivity contribution >= 4 is 32.7 Å². The van der Waals surface area contributed by atoms with Gasteiger partial charge in [-0.05, 0) is 31.0 Å². The summed E-state index contributed by atoms with van der Waals surface area (Å²) in [7, 11) is 0. The fourth-order valence-electron chi connectivity index (χ4n) is 2.35. The van der Waals surface area contributed by atoms with E-state index in [1.807, 2.05) is 6.07 Å². The first kappa shape index (κ1) is 19.6. The van der Waals surface area contributed by atoms with E-state index in [2.05, 4.69) is 33.2 Å². The number of carbonyl (C=O) groups excluding carboxylic acids is 1. The summed E-state index contributed by atoms with van der Waals surface area (Å²) in [6, 6.07) is 5.39. The number of aromatic nitrogens is 2. The van der Waals surface area contributed by atoms with Gasteiger partial charge < -0.3 is 10.1 Å². The maximum absolute atomic E-state index is 12.4. The predicted molar refractivity (Wildman–Crippen MR) is 102 cm³/mol. The molecule has 0 atom stereocenters. The standard InChI is InChI=1S/C18H24BrN3O3/c1-2-3-10-25-11-4-8-20-17(23)7-9-22-13-21-16-6-5-14(19)12-15(16)18(22)24/h5-6,12-13H,2-4,7-11H2,1H3,(H,20,23). The Morgan fingerprint density at radius 2 is 2.12 bits per heavy atom. The first-order chi connectivity index (χ1) is 12.1. The first-order valence-electron chi connectivity index (χ1n) is 8.61. The van der Waals surface area contributed by atoms with Gasteiger partial charge in [0, 0.05) is 37.2 Å². The molecule has 0 bridgehead atoms. The number of hydrogen-bond acceptors (Lipinski definition) is 4. The van der Waals surface area contributed by atoms with Crippen molar-refractivity contribution in [1.29, 1.82) is 0 Å². The fraction of sp³-hybridized carbons (Fsp3) is 0.500. The molecule has 1 amide bonds. The highest BCUT2D eigenvalue weighted by Crippen LogP contribution is 2.14. The Labute approximate surface area is 155 Å². The molecule has 0 radical (unpaired) electrons. The second-order valence-corrected chi connectivity index (χ2v) is 6.74. The Bertz CT molecular complexity index is 761. The zero-order valence-corrected chi connectivity index (χ0v) is 16.0. The Kier molecular flexibility index (Phi) is 8.08. The van der Waals surface area contributed by atoms with Crippen LogP contribution in [-0.2, 0) is 16.1 Å². The van der Waals surface area contributed by atoms with Crippen LogP contribution in [-0.4, -0.2) is 35.2 Å². The van der Waals surface area contributed by atoms with Crippen LogP contribution in [0.4, 0.5) is 0 Å². The lowest BCUT2D eigenvalue weighted by atomic mass is 10.2. The van der Waals surface area contributed by atoms with Crippen molar-refractivity contribution in [2.75, 3.05) is 19.8 Å². The summed E-state index contributed by atoms with van der Waals surface area (Å²) in [5, 5.41) is 3.39. The number of benzene rings is 1. The Balaban J connectivity index is 1.77. The normalized spacial score (nSPS) is 11.0. The van der Waals surface area contributed by atoms with Crippen LogP contribution in [0.5, 0.6) is 0 Å². The third kappa shape index (κ3) is 6.25. The maximum Gasteiger partial charge on any atom is 0.261 e. The molecule has 0 spiro atoms. The number of aryl methyl sites for hydroxylation is 1. The van der Waals surface area contributed by atoms with E-state index in [1.165, 1.54) is 10.9 Å². The highest BCUT2D eigenvalue weighted by Gasteiger charge is 2.07. The second kappa shape index (κ2) is 10.3. The van der Waals surface area contributed by atoms with Crippen LogP contribution in [0.2, 0.25) is 0 Å². The van der Waals surface area contributed by atoms with Gasteiger partial charge in [-0.15, -0.1) is 0 Å². The van der Waals surface area contributed by atoms with Crippen LogP contribution in [0, 0.1) is 0 Å². The summed E-state index contributed by atoms with van der Waals surface area (Å²) < 4.78 is 7.75. The highest BCUT2D eigenvalue weighted by atomic mass is 79.9. The van der Waals surface area contributed by atoms with Crippen LogP contribution >= 0.6 is 15.9 Å². The van der Waals surface area contributed by atoms with Crippen molar-refractivity contribution in [2.45, 2.75) is 39.2 Å². The predicted octanol–water partition coefficient (Wildman–Crippen LogP) is 2.87. The molecule has 0 fully saturated rings. The van der Waals surface area contributed by atoms with Gasteiger partial charge in [0.15, 0.2) is 0 Å². The average molecular weight is 410 g/mol. The lowest BCUT2D eigenvalue weighted by Gasteiger charge is -2.08. The Morgan fingerprint density at radius 1 is 1.32 bits per heavy atom. The lowest BCUT2D eigenvalue weighted by molar-refractivity contribution is -0.121. The topological polar surface area (TPSA) is 73.2 Å². The quantitative estimate of drug-likeness (QED) is 0.612. The monoisotopic (exact) mass is 409 g/mol. The summed E-state index contributed by atoms with van der Waals surface area (Å²) >= 11 is 3.36. The van der Waals surface area contributed by atoms with Crippen molar-refractivity contribution in [3.05, 3.63) is 39.4 Å². The van der Waals surface area contributed by atoms with Crippen molar-refractivity contribution in [3.8, 4) is 0 Å². The number of fused-ring (bicyclic) bond motifs is 1. The minimum atomic E-state index is -0.136. The molecule has 25 heavy (non-hydrogen) atoms. The SMILES string of the molecule is CCCCOCCCNC(=O)CCn1cnc2ccc(Br)cc2c1=O. The summed E-state index contributed by atoms with van der Waals surface area (Å²) in [6.07, 6.45) is 4.72. The van der Waals surface area contributed by atoms with Crippen LogP contribution < -0.4 is 10.9 Å². The largest absolute Gasteiger partial charge is 0.381 e. The molecular formula is C18H24BrN3O3. The minimum Gasteiger partial charge on any atom is -0.381 e. The molecule has 1 aromatic carbocycles. The van der Waals surface area contributed by atoms with Gasteiger partial charge in [-0.25, -0.2) is 4.98 Å². The smallest absolute Gasteiger partial charge is 0.261 e. The van der Waals surface area contributed by atoms with E-state index in [-0.39, 0.29) is 17.9 Å². The number of nitrogens with zero attached hydrogens (tertiary/aromatic N) is 2. The molecule has 0 unspecified atom stereocenters. The molecule has 1 heterocycles. The van der Waals surface area contributed by atoms with Gasteiger partial charge >= 0.3 is 0 Å². The minimum absolute atomic E-state index is 0.0743. The average Bonchev–Trinajstić information content (AvgIpc) is 2.61. The number of rotatable bonds is 10. The van der Waals surface area contributed by atoms with Gasteiger partial charge in [-0.2, -0.15) is 0 Å². The number of carbonyl (C=O) groups is 1. The molecule has 0 aliphatic rings. The number of unbranched alkanes of at least 4 members (excludes halogenated alkanes) is 1. The molecule has 0 saturated heterocycles. The van der Waals surface area contributed by atoms with Gasteiger partial charge in [0.2, 0.25) is 5.91 Å². The molecule has 136 valence electrons. The molecule has 6 nitrogen and oxygen atoms in total. The van der Waals surface area contributed by atoms with Gasteiger partial charge in [-0.3, -0.25) is 14.2 Å². The van der Waals surface area contributed by atoms with Gasteiger partial charge in [0.05, 0.1) is 17.2 Å². The Hall–Kier alpha value is -1.73. The number of amides is 1. The lowest BCUT2D eigenvalue weighted by Crippen LogP contribution is -2.28. The molecule has 2 aromatic rings. The van der Waals surface area contributed by atoms with E-state index >= 15 is 0 Å². The summed E-state index contributed by atoms with van der Waals surface area (Å²) in [5.41, 5.74) is 0.514. The zero-order chi connectivity index (χ0) is 18.1. The molecule has 1 N–H and O–H groups in total. The summed E-state index contributed by atoms with van der Waals surface area (Å²) in [5.74, 6) is -0.0743. The van der Waals surface area contributed by atoms with Crippen molar-refractivity contribution in [3.63, 3.8) is 0 Å². The zero-order valence-electron chi connectivity index (χ0n) is 14.5. The maximum atomic E-state index is 12.4.